The van der Waals surface area contributed by atoms with E-state index in [1.807, 2.05) is 12.1 Å². The number of anilines is 1. The van der Waals surface area contributed by atoms with Gasteiger partial charge in [-0.2, -0.15) is 0 Å². The Balaban J connectivity index is 1.32. The normalized spacial score (nSPS) is 12.7. The molecule has 5 rings (SSSR count). The molecule has 1 N–H and O–H groups in total. The minimum atomic E-state index is -0.443. The molecule has 1 aliphatic rings. The summed E-state index contributed by atoms with van der Waals surface area (Å²) < 4.78 is 11.2. The molecule has 0 atom stereocenters. The molecule has 0 fully saturated rings. The molecule has 1 aliphatic carbocycles. The van der Waals surface area contributed by atoms with E-state index in [1.54, 1.807) is 48.5 Å². The summed E-state index contributed by atoms with van der Waals surface area (Å²) in [4.78, 5) is 38.0. The Morgan fingerprint density at radius 2 is 1.71 bits per heavy atom. The molecule has 176 valence electrons. The third kappa shape index (κ3) is 4.84. The number of aryl methyl sites for hydroxylation is 1. The highest BCUT2D eigenvalue weighted by molar-refractivity contribution is 6.31. The molecule has 1 heterocycles. The number of amides is 1. The van der Waals surface area contributed by atoms with Gasteiger partial charge in [0.15, 0.2) is 12.4 Å². The van der Waals surface area contributed by atoms with E-state index in [4.69, 9.17) is 20.8 Å². The maximum absolute atomic E-state index is 13.0. The summed E-state index contributed by atoms with van der Waals surface area (Å²) in [7, 11) is 0. The van der Waals surface area contributed by atoms with Crippen molar-refractivity contribution in [1.82, 2.24) is 0 Å². The predicted octanol–water partition coefficient (Wildman–Crippen LogP) is 5.57. The molecule has 0 spiro atoms. The van der Waals surface area contributed by atoms with Crippen LogP contribution in [0.15, 0.2) is 75.9 Å². The van der Waals surface area contributed by atoms with Crippen molar-refractivity contribution in [2.24, 2.45) is 0 Å². The highest BCUT2D eigenvalue weighted by atomic mass is 35.5. The van der Waals surface area contributed by atoms with E-state index < -0.39 is 5.91 Å². The second kappa shape index (κ2) is 9.76. The maximum atomic E-state index is 13.0. The molecule has 0 saturated carbocycles. The van der Waals surface area contributed by atoms with Gasteiger partial charge in [-0.25, -0.2) is 4.79 Å². The lowest BCUT2D eigenvalue weighted by atomic mass is 9.91. The molecule has 3 aromatic carbocycles. The molecule has 1 amide bonds. The summed E-state index contributed by atoms with van der Waals surface area (Å²) in [5.74, 6) is -0.290. The van der Waals surface area contributed by atoms with Gasteiger partial charge < -0.3 is 14.5 Å². The van der Waals surface area contributed by atoms with Crippen molar-refractivity contribution in [1.29, 1.82) is 0 Å². The number of benzene rings is 3. The molecule has 6 nitrogen and oxygen atoms in total. The zero-order valence-corrected chi connectivity index (χ0v) is 19.6. The number of halogens is 1. The van der Waals surface area contributed by atoms with Crippen molar-refractivity contribution < 1.29 is 18.7 Å². The van der Waals surface area contributed by atoms with E-state index in [0.29, 0.717) is 27.6 Å². The number of hydrogen-bond acceptors (Lipinski definition) is 5. The van der Waals surface area contributed by atoms with Crippen LogP contribution in [0.2, 0.25) is 5.02 Å². The lowest BCUT2D eigenvalue weighted by Gasteiger charge is -2.16. The molecule has 0 aliphatic heterocycles. The van der Waals surface area contributed by atoms with Crippen LogP contribution in [0.1, 0.15) is 39.9 Å². The molecular formula is C28H22ClNO5. The number of nitrogens with one attached hydrogen (secondary N) is 1. The standard InChI is InChI=1S/C28H22ClNO5/c29-18-10-13-24(23(14-18)27(32)17-6-2-1-3-7-17)30-26(31)16-34-19-11-12-21-20-8-4-5-9-22(20)28(33)35-25(21)15-19/h1-3,6-7,10-15H,4-5,8-9,16H2,(H,30,31). The smallest absolute Gasteiger partial charge is 0.339 e. The fraction of sp³-hybridized carbons (Fsp3) is 0.179. The lowest BCUT2D eigenvalue weighted by Crippen LogP contribution is -2.21. The number of fused-ring (bicyclic) bond motifs is 3. The van der Waals surface area contributed by atoms with Crippen LogP contribution in [0, 0.1) is 0 Å². The predicted molar refractivity (Wildman–Crippen MR) is 135 cm³/mol. The van der Waals surface area contributed by atoms with Gasteiger partial charge in [0.2, 0.25) is 0 Å². The van der Waals surface area contributed by atoms with Crippen molar-refractivity contribution >= 4 is 39.9 Å². The molecule has 4 aromatic rings. The Kier molecular flexibility index (Phi) is 6.38. The van der Waals surface area contributed by atoms with E-state index in [0.717, 1.165) is 42.2 Å². The highest BCUT2D eigenvalue weighted by Gasteiger charge is 2.19. The first-order valence-corrected chi connectivity index (χ1v) is 11.8. The summed E-state index contributed by atoms with van der Waals surface area (Å²) in [6.45, 7) is -0.289. The third-order valence-corrected chi connectivity index (χ3v) is 6.34. The number of carbonyl (C=O) groups excluding carboxylic acids is 2. The molecular weight excluding hydrogens is 466 g/mol. The van der Waals surface area contributed by atoms with E-state index in [1.165, 1.54) is 6.07 Å². The number of rotatable bonds is 6. The van der Waals surface area contributed by atoms with Gasteiger partial charge in [0, 0.05) is 33.2 Å². The van der Waals surface area contributed by atoms with Crippen LogP contribution < -0.4 is 15.7 Å². The minimum Gasteiger partial charge on any atom is -0.484 e. The SMILES string of the molecule is O=C(COc1ccc2c3c(c(=O)oc2c1)CCCC3)Nc1ccc(Cl)cc1C(=O)c1ccccc1. The molecule has 7 heteroatoms. The van der Waals surface area contributed by atoms with Crippen LogP contribution in [0.3, 0.4) is 0 Å². The Bertz CT molecular complexity index is 1490. The first kappa shape index (κ1) is 22.9. The zero-order chi connectivity index (χ0) is 24.4. The van der Waals surface area contributed by atoms with Gasteiger partial charge in [-0.15, -0.1) is 0 Å². The fourth-order valence-electron chi connectivity index (χ4n) is 4.41. The average Bonchev–Trinajstić information content (AvgIpc) is 2.88. The van der Waals surface area contributed by atoms with Crippen LogP contribution in [-0.2, 0) is 17.6 Å². The Morgan fingerprint density at radius 1 is 0.943 bits per heavy atom. The van der Waals surface area contributed by atoms with E-state index >= 15 is 0 Å². The first-order valence-electron chi connectivity index (χ1n) is 11.4. The van der Waals surface area contributed by atoms with Crippen LogP contribution >= 0.6 is 11.6 Å². The van der Waals surface area contributed by atoms with Crippen LogP contribution in [0.25, 0.3) is 11.0 Å². The molecule has 0 unspecified atom stereocenters. The fourth-order valence-corrected chi connectivity index (χ4v) is 4.58. The van der Waals surface area contributed by atoms with Gasteiger partial charge >= 0.3 is 5.63 Å². The Labute approximate surface area is 206 Å². The third-order valence-electron chi connectivity index (χ3n) is 6.10. The highest BCUT2D eigenvalue weighted by Crippen LogP contribution is 2.29. The molecule has 0 saturated heterocycles. The Morgan fingerprint density at radius 3 is 2.51 bits per heavy atom. The molecule has 0 bridgehead atoms. The second-order valence-electron chi connectivity index (χ2n) is 8.43. The van der Waals surface area contributed by atoms with E-state index in [2.05, 4.69) is 5.32 Å². The van der Waals surface area contributed by atoms with Crippen molar-refractivity contribution in [2.45, 2.75) is 25.7 Å². The summed E-state index contributed by atoms with van der Waals surface area (Å²) in [6.07, 6.45) is 3.63. The minimum absolute atomic E-state index is 0.253. The second-order valence-corrected chi connectivity index (χ2v) is 8.87. The van der Waals surface area contributed by atoms with Crippen molar-refractivity contribution in [3.05, 3.63) is 104 Å². The lowest BCUT2D eigenvalue weighted by molar-refractivity contribution is -0.118. The van der Waals surface area contributed by atoms with Crippen molar-refractivity contribution in [3.8, 4) is 5.75 Å². The topological polar surface area (TPSA) is 85.6 Å². The van der Waals surface area contributed by atoms with Crippen LogP contribution in [-0.4, -0.2) is 18.3 Å². The number of ether oxygens (including phenoxy) is 1. The summed E-state index contributed by atoms with van der Waals surface area (Å²) in [5.41, 5.74) is 3.07. The van der Waals surface area contributed by atoms with Gasteiger partial charge in [0.1, 0.15) is 11.3 Å². The van der Waals surface area contributed by atoms with E-state index in [-0.39, 0.29) is 23.6 Å². The number of carbonyl (C=O) groups is 2. The summed E-state index contributed by atoms with van der Waals surface area (Å²) in [6, 6.07) is 18.7. The summed E-state index contributed by atoms with van der Waals surface area (Å²) in [5, 5.41) is 4.02. The van der Waals surface area contributed by atoms with E-state index in [9.17, 15) is 14.4 Å². The van der Waals surface area contributed by atoms with Gasteiger partial charge in [0.25, 0.3) is 5.91 Å². The van der Waals surface area contributed by atoms with Gasteiger partial charge in [-0.05, 0) is 61.6 Å². The Hall–Kier alpha value is -3.90. The van der Waals surface area contributed by atoms with Gasteiger partial charge in [0.05, 0.1) is 5.69 Å². The molecule has 0 radical (unpaired) electrons. The average molecular weight is 488 g/mol. The van der Waals surface area contributed by atoms with Crippen molar-refractivity contribution in [3.63, 3.8) is 0 Å². The monoisotopic (exact) mass is 487 g/mol. The van der Waals surface area contributed by atoms with Gasteiger partial charge in [-0.3, -0.25) is 9.59 Å². The summed E-state index contributed by atoms with van der Waals surface area (Å²) >= 11 is 6.11. The zero-order valence-electron chi connectivity index (χ0n) is 18.8. The maximum Gasteiger partial charge on any atom is 0.339 e. The number of hydrogen-bond donors (Lipinski definition) is 1. The first-order chi connectivity index (χ1) is 17.0. The largest absolute Gasteiger partial charge is 0.484 e. The van der Waals surface area contributed by atoms with Crippen molar-refractivity contribution in [2.75, 3.05) is 11.9 Å². The van der Waals surface area contributed by atoms with Gasteiger partial charge in [-0.1, -0.05) is 41.9 Å². The van der Waals surface area contributed by atoms with Crippen LogP contribution in [0.4, 0.5) is 5.69 Å². The molecule has 35 heavy (non-hydrogen) atoms. The number of ketones is 1. The molecule has 1 aromatic heterocycles. The van der Waals surface area contributed by atoms with Crippen LogP contribution in [0.5, 0.6) is 5.75 Å². The quantitative estimate of drug-likeness (QED) is 0.284.